The van der Waals surface area contributed by atoms with Crippen LogP contribution in [-0.2, 0) is 25.8 Å². The lowest BCUT2D eigenvalue weighted by Crippen LogP contribution is -2.11. The number of aliphatic hydroxyl groups is 1. The maximum atomic E-state index is 13.5. The van der Waals surface area contributed by atoms with Crippen LogP contribution in [0.5, 0.6) is 0 Å². The minimum absolute atomic E-state index is 0.0333. The van der Waals surface area contributed by atoms with Gasteiger partial charge in [0.05, 0.1) is 29.3 Å². The molecule has 0 bridgehead atoms. The number of carbonyl (C=O) groups is 1. The van der Waals surface area contributed by atoms with Crippen molar-refractivity contribution in [1.29, 1.82) is 0 Å². The van der Waals surface area contributed by atoms with Gasteiger partial charge in [-0.1, -0.05) is 12.1 Å². The third-order valence-electron chi connectivity index (χ3n) is 5.35. The lowest BCUT2D eigenvalue weighted by atomic mass is 10.1. The van der Waals surface area contributed by atoms with Crippen LogP contribution in [0, 0.1) is 12.7 Å². The Labute approximate surface area is 192 Å². The number of nitrogen functional groups attached to an aromatic ring is 1. The number of nitrogens with zero attached hydrogens (tertiary/aromatic N) is 1. The maximum Gasteiger partial charge on any atom is 0.310 e. The Morgan fingerprint density at radius 1 is 1.09 bits per heavy atom. The van der Waals surface area contributed by atoms with Crippen LogP contribution in [0.2, 0.25) is 0 Å². The number of anilines is 1. The Kier molecular flexibility index (Phi) is 7.55. The quantitative estimate of drug-likeness (QED) is 0.363. The van der Waals surface area contributed by atoms with Crippen molar-refractivity contribution in [3.63, 3.8) is 0 Å². The normalized spacial score (nSPS) is 11.5. The Balaban J connectivity index is 2.06. The molecule has 0 saturated heterocycles. The van der Waals surface area contributed by atoms with Crippen molar-refractivity contribution in [1.82, 2.24) is 4.57 Å². The van der Waals surface area contributed by atoms with Crippen LogP contribution in [0.25, 0.3) is 16.9 Å². The van der Waals surface area contributed by atoms with Crippen molar-refractivity contribution in [2.45, 2.75) is 31.1 Å². The van der Waals surface area contributed by atoms with Gasteiger partial charge >= 0.3 is 5.97 Å². The van der Waals surface area contributed by atoms with Gasteiger partial charge in [0.15, 0.2) is 9.84 Å². The van der Waals surface area contributed by atoms with Gasteiger partial charge in [-0.05, 0) is 56.2 Å². The summed E-state index contributed by atoms with van der Waals surface area (Å²) in [5.74, 6) is -0.833. The van der Waals surface area contributed by atoms with Crippen LogP contribution < -0.4 is 5.73 Å². The number of sulfone groups is 1. The second-order valence-corrected chi connectivity index (χ2v) is 9.78. The van der Waals surface area contributed by atoms with E-state index in [0.29, 0.717) is 46.7 Å². The van der Waals surface area contributed by atoms with Gasteiger partial charge in [-0.15, -0.1) is 0 Å². The molecule has 7 nitrogen and oxygen atoms in total. The van der Waals surface area contributed by atoms with E-state index in [1.807, 2.05) is 11.5 Å². The number of hydrogen-bond acceptors (Lipinski definition) is 6. The van der Waals surface area contributed by atoms with Crippen LogP contribution in [0.3, 0.4) is 0 Å². The molecule has 176 valence electrons. The molecule has 0 amide bonds. The van der Waals surface area contributed by atoms with E-state index in [1.165, 1.54) is 24.3 Å². The molecule has 0 atom stereocenters. The van der Waals surface area contributed by atoms with Crippen LogP contribution in [0.15, 0.2) is 53.4 Å². The van der Waals surface area contributed by atoms with E-state index in [-0.39, 0.29) is 30.3 Å². The molecule has 0 aliphatic heterocycles. The van der Waals surface area contributed by atoms with E-state index in [4.69, 9.17) is 15.6 Å². The first-order valence-corrected chi connectivity index (χ1v) is 12.3. The van der Waals surface area contributed by atoms with Crippen molar-refractivity contribution in [3.8, 4) is 16.9 Å². The van der Waals surface area contributed by atoms with E-state index >= 15 is 0 Å². The largest absolute Gasteiger partial charge is 0.465 e. The van der Waals surface area contributed by atoms with Gasteiger partial charge < -0.3 is 20.1 Å². The summed E-state index contributed by atoms with van der Waals surface area (Å²) in [4.78, 5) is 12.6. The summed E-state index contributed by atoms with van der Waals surface area (Å²) in [5.41, 5.74) is 9.99. The highest BCUT2D eigenvalue weighted by Gasteiger charge is 2.23. The van der Waals surface area contributed by atoms with Gasteiger partial charge in [0.2, 0.25) is 0 Å². The Morgan fingerprint density at radius 3 is 2.30 bits per heavy atom. The fourth-order valence-corrected chi connectivity index (χ4v) is 4.27. The van der Waals surface area contributed by atoms with Crippen molar-refractivity contribution in [3.05, 3.63) is 65.6 Å². The van der Waals surface area contributed by atoms with Gasteiger partial charge in [0, 0.05) is 35.4 Å². The first kappa shape index (κ1) is 24.5. The average Bonchev–Trinajstić information content (AvgIpc) is 3.01. The van der Waals surface area contributed by atoms with Gasteiger partial charge in [0.1, 0.15) is 5.82 Å². The zero-order valence-electron chi connectivity index (χ0n) is 18.5. The number of benzene rings is 2. The Morgan fingerprint density at radius 2 is 1.73 bits per heavy atom. The molecule has 0 saturated carbocycles. The number of hydrogen-bond donors (Lipinski definition) is 2. The molecular formula is C24H27FN2O5S. The van der Waals surface area contributed by atoms with Gasteiger partial charge in [-0.2, -0.15) is 0 Å². The second-order valence-electron chi connectivity index (χ2n) is 7.76. The summed E-state index contributed by atoms with van der Waals surface area (Å²) in [7, 11) is -3.37. The summed E-state index contributed by atoms with van der Waals surface area (Å²) in [5, 5.41) is 8.85. The molecule has 3 rings (SSSR count). The van der Waals surface area contributed by atoms with Gasteiger partial charge in [-0.3, -0.25) is 4.79 Å². The summed E-state index contributed by atoms with van der Waals surface area (Å²) < 4.78 is 44.3. The zero-order valence-corrected chi connectivity index (χ0v) is 19.4. The lowest BCUT2D eigenvalue weighted by molar-refractivity contribution is -0.143. The molecule has 3 aromatic rings. The Bertz CT molecular complexity index is 1230. The molecule has 1 aromatic heterocycles. The van der Waals surface area contributed by atoms with Crippen LogP contribution in [-0.4, -0.2) is 43.5 Å². The number of unbranched alkanes of at least 4 members (excludes halogenated alkanes) is 1. The number of aliphatic hydroxyl groups excluding tert-OH is 1. The number of esters is 1. The monoisotopic (exact) mass is 474 g/mol. The predicted molar refractivity (Wildman–Crippen MR) is 124 cm³/mol. The van der Waals surface area contributed by atoms with Crippen molar-refractivity contribution in [2.75, 3.05) is 25.2 Å². The first-order valence-electron chi connectivity index (χ1n) is 10.5. The number of aromatic nitrogens is 1. The molecule has 0 aliphatic rings. The molecule has 0 aliphatic carbocycles. The number of nitrogens with two attached hydrogens (primary N) is 1. The van der Waals surface area contributed by atoms with Gasteiger partial charge in [-0.25, -0.2) is 12.8 Å². The third kappa shape index (κ3) is 5.61. The Hall–Kier alpha value is -3.17. The topological polar surface area (TPSA) is 112 Å². The SMILES string of the molecule is Cc1c(CC(=O)OCCCCO)c(N)c(-c2ccc(S(C)(=O)=O)cc2)n1-c1ccc(F)cc1. The molecule has 9 heteroatoms. The van der Waals surface area contributed by atoms with Crippen LogP contribution in [0.4, 0.5) is 10.1 Å². The van der Waals surface area contributed by atoms with Crippen LogP contribution in [0.1, 0.15) is 24.1 Å². The molecule has 3 N–H and O–H groups in total. The first-order chi connectivity index (χ1) is 15.6. The van der Waals surface area contributed by atoms with Crippen molar-refractivity contribution < 1.29 is 27.4 Å². The molecule has 0 spiro atoms. The fraction of sp³-hybridized carbons (Fsp3) is 0.292. The van der Waals surface area contributed by atoms with E-state index in [1.54, 1.807) is 24.3 Å². The van der Waals surface area contributed by atoms with E-state index in [0.717, 1.165) is 6.26 Å². The summed E-state index contributed by atoms with van der Waals surface area (Å²) in [6.07, 6.45) is 2.18. The fourth-order valence-electron chi connectivity index (χ4n) is 3.64. The highest BCUT2D eigenvalue weighted by Crippen LogP contribution is 2.37. The third-order valence-corrected chi connectivity index (χ3v) is 6.48. The standard InChI is InChI=1S/C24H27FN2O5S/c1-16-21(15-22(29)32-14-4-3-13-28)23(26)24(27(16)19-9-7-18(25)8-10-19)17-5-11-20(12-6-17)33(2,30)31/h5-12,28H,3-4,13-15,26H2,1-2H3. The number of ether oxygens (including phenoxy) is 1. The molecule has 0 unspecified atom stereocenters. The smallest absolute Gasteiger partial charge is 0.310 e. The van der Waals surface area contributed by atoms with E-state index in [9.17, 15) is 17.6 Å². The summed E-state index contributed by atoms with van der Waals surface area (Å²) in [6.45, 7) is 2.05. The van der Waals surface area contributed by atoms with Crippen molar-refractivity contribution in [2.24, 2.45) is 0 Å². The number of halogens is 1. The summed E-state index contributed by atoms with van der Waals surface area (Å²) >= 11 is 0. The molecule has 0 radical (unpaired) electrons. The molecular weight excluding hydrogens is 447 g/mol. The molecule has 0 fully saturated rings. The van der Waals surface area contributed by atoms with E-state index in [2.05, 4.69) is 0 Å². The molecule has 33 heavy (non-hydrogen) atoms. The van der Waals surface area contributed by atoms with Crippen LogP contribution >= 0.6 is 0 Å². The average molecular weight is 475 g/mol. The second kappa shape index (κ2) is 10.2. The van der Waals surface area contributed by atoms with Crippen molar-refractivity contribution >= 4 is 21.5 Å². The lowest BCUT2D eigenvalue weighted by Gasteiger charge is -2.13. The predicted octanol–water partition coefficient (Wildman–Crippen LogP) is 3.44. The molecule has 2 aromatic carbocycles. The molecule has 1 heterocycles. The minimum Gasteiger partial charge on any atom is -0.465 e. The highest BCUT2D eigenvalue weighted by atomic mass is 32.2. The van der Waals surface area contributed by atoms with Gasteiger partial charge in [0.25, 0.3) is 0 Å². The summed E-state index contributed by atoms with van der Waals surface area (Å²) in [6, 6.07) is 12.2. The van der Waals surface area contributed by atoms with E-state index < -0.39 is 15.8 Å². The number of carbonyl (C=O) groups excluding carboxylic acids is 1. The maximum absolute atomic E-state index is 13.5. The number of rotatable bonds is 9. The minimum atomic E-state index is -3.37. The zero-order chi connectivity index (χ0) is 24.2. The highest BCUT2D eigenvalue weighted by molar-refractivity contribution is 7.90.